The van der Waals surface area contributed by atoms with Crippen molar-refractivity contribution in [3.63, 3.8) is 0 Å². The second-order valence-corrected chi connectivity index (χ2v) is 4.62. The lowest BCUT2D eigenvalue weighted by Gasteiger charge is -2.20. The molecule has 0 aromatic heterocycles. The molecule has 3 heteroatoms. The summed E-state index contributed by atoms with van der Waals surface area (Å²) >= 11 is 0. The van der Waals surface area contributed by atoms with Gasteiger partial charge in [0.15, 0.2) is 0 Å². The minimum absolute atomic E-state index is 0.110. The van der Waals surface area contributed by atoms with Gasteiger partial charge in [0.2, 0.25) is 0 Å². The van der Waals surface area contributed by atoms with E-state index in [1.54, 1.807) is 0 Å². The zero-order valence-corrected chi connectivity index (χ0v) is 11.1. The molecule has 2 aromatic carbocycles. The molecule has 0 unspecified atom stereocenters. The number of nitrogens with zero attached hydrogens (tertiary/aromatic N) is 1. The van der Waals surface area contributed by atoms with Gasteiger partial charge in [0.25, 0.3) is 0 Å². The van der Waals surface area contributed by atoms with Crippen LogP contribution in [0.3, 0.4) is 0 Å². The molecule has 0 atom stereocenters. The Balaban J connectivity index is 2.02. The van der Waals surface area contributed by atoms with Gasteiger partial charge in [0.05, 0.1) is 0 Å². The van der Waals surface area contributed by atoms with Gasteiger partial charge in [0.1, 0.15) is 5.84 Å². The summed E-state index contributed by atoms with van der Waals surface area (Å²) in [5.74, 6) is 0.110. The van der Waals surface area contributed by atoms with Gasteiger partial charge in [-0.3, -0.25) is 5.41 Å². The summed E-state index contributed by atoms with van der Waals surface area (Å²) in [4.78, 5) is 2.18. The minimum atomic E-state index is 0.110. The average molecular weight is 253 g/mol. The third kappa shape index (κ3) is 3.58. The van der Waals surface area contributed by atoms with Crippen LogP contribution in [-0.4, -0.2) is 19.4 Å². The Bertz CT molecular complexity index is 549. The quantitative estimate of drug-likeness (QED) is 0.636. The van der Waals surface area contributed by atoms with Crippen LogP contribution in [0.5, 0.6) is 0 Å². The van der Waals surface area contributed by atoms with Crippen LogP contribution in [0, 0.1) is 5.41 Å². The first-order valence-corrected chi connectivity index (χ1v) is 6.36. The highest BCUT2D eigenvalue weighted by molar-refractivity contribution is 5.95. The third-order valence-electron chi connectivity index (χ3n) is 3.18. The third-order valence-corrected chi connectivity index (χ3v) is 3.18. The van der Waals surface area contributed by atoms with E-state index in [1.807, 2.05) is 30.3 Å². The summed E-state index contributed by atoms with van der Waals surface area (Å²) in [6.45, 7) is 0.936. The number of hydrogen-bond acceptors (Lipinski definition) is 2. The van der Waals surface area contributed by atoms with Crippen LogP contribution in [-0.2, 0) is 6.42 Å². The molecular weight excluding hydrogens is 234 g/mol. The van der Waals surface area contributed by atoms with Crippen molar-refractivity contribution in [2.24, 2.45) is 5.73 Å². The lowest BCUT2D eigenvalue weighted by molar-refractivity contribution is 0.876. The van der Waals surface area contributed by atoms with E-state index >= 15 is 0 Å². The van der Waals surface area contributed by atoms with Crippen molar-refractivity contribution in [3.05, 3.63) is 65.7 Å². The van der Waals surface area contributed by atoms with E-state index in [0.29, 0.717) is 0 Å². The number of nitrogens with one attached hydrogen (secondary N) is 1. The molecule has 98 valence electrons. The zero-order chi connectivity index (χ0) is 13.7. The fraction of sp³-hybridized carbons (Fsp3) is 0.188. The van der Waals surface area contributed by atoms with Gasteiger partial charge in [-0.1, -0.05) is 42.5 Å². The fourth-order valence-electron chi connectivity index (χ4n) is 1.98. The smallest absolute Gasteiger partial charge is 0.122 e. The second-order valence-electron chi connectivity index (χ2n) is 4.62. The highest BCUT2D eigenvalue weighted by Gasteiger charge is 2.03. The van der Waals surface area contributed by atoms with Crippen molar-refractivity contribution in [2.45, 2.75) is 6.42 Å². The summed E-state index contributed by atoms with van der Waals surface area (Å²) in [6.07, 6.45) is 1.00. The molecule has 0 saturated heterocycles. The maximum absolute atomic E-state index is 7.47. The van der Waals surface area contributed by atoms with Gasteiger partial charge in [-0.15, -0.1) is 0 Å². The molecule has 0 radical (unpaired) electrons. The number of amidine groups is 1. The largest absolute Gasteiger partial charge is 0.384 e. The lowest BCUT2D eigenvalue weighted by Crippen LogP contribution is -2.21. The second kappa shape index (κ2) is 6.05. The van der Waals surface area contributed by atoms with Gasteiger partial charge < -0.3 is 10.6 Å². The van der Waals surface area contributed by atoms with E-state index < -0.39 is 0 Å². The Hall–Kier alpha value is -2.29. The number of benzene rings is 2. The fourth-order valence-corrected chi connectivity index (χ4v) is 1.98. The predicted octanol–water partition coefficient (Wildman–Crippen LogP) is 2.65. The summed E-state index contributed by atoms with van der Waals surface area (Å²) < 4.78 is 0. The first kappa shape index (κ1) is 13.1. The van der Waals surface area contributed by atoms with Crippen LogP contribution in [0.25, 0.3) is 0 Å². The Morgan fingerprint density at radius 2 is 1.84 bits per heavy atom. The van der Waals surface area contributed by atoms with Crippen LogP contribution < -0.4 is 10.6 Å². The number of nitrogens with two attached hydrogens (primary N) is 1. The molecule has 3 nitrogen and oxygen atoms in total. The SMILES string of the molecule is CN(CCc1ccccc1)c1cccc(C(=N)N)c1. The molecule has 0 amide bonds. The van der Waals surface area contributed by atoms with Crippen LogP contribution in [0.15, 0.2) is 54.6 Å². The molecule has 0 aliphatic heterocycles. The zero-order valence-electron chi connectivity index (χ0n) is 11.1. The highest BCUT2D eigenvalue weighted by Crippen LogP contribution is 2.15. The van der Waals surface area contributed by atoms with E-state index in [2.05, 4.69) is 36.2 Å². The monoisotopic (exact) mass is 253 g/mol. The highest BCUT2D eigenvalue weighted by atomic mass is 15.1. The number of nitrogen functional groups attached to an aromatic ring is 1. The predicted molar refractivity (Wildman–Crippen MR) is 80.9 cm³/mol. The molecule has 0 aliphatic rings. The van der Waals surface area contributed by atoms with E-state index in [1.165, 1.54) is 5.56 Å². The Labute approximate surface area is 114 Å². The molecule has 19 heavy (non-hydrogen) atoms. The lowest BCUT2D eigenvalue weighted by atomic mass is 10.1. The van der Waals surface area contributed by atoms with Gasteiger partial charge in [0, 0.05) is 24.8 Å². The molecular formula is C16H19N3. The first-order valence-electron chi connectivity index (χ1n) is 6.36. The molecule has 0 heterocycles. The van der Waals surface area contributed by atoms with Crippen LogP contribution in [0.4, 0.5) is 5.69 Å². The number of likely N-dealkylation sites (N-methyl/N-ethyl adjacent to an activating group) is 1. The first-order chi connectivity index (χ1) is 9.16. The van der Waals surface area contributed by atoms with Crippen LogP contribution in [0.2, 0.25) is 0 Å². The molecule has 0 spiro atoms. The Kier molecular flexibility index (Phi) is 4.18. The molecule has 2 aromatic rings. The van der Waals surface area contributed by atoms with E-state index in [9.17, 15) is 0 Å². The maximum Gasteiger partial charge on any atom is 0.122 e. The maximum atomic E-state index is 7.47. The van der Waals surface area contributed by atoms with Crippen molar-refractivity contribution in [2.75, 3.05) is 18.5 Å². The Morgan fingerprint density at radius 3 is 2.53 bits per heavy atom. The summed E-state index contributed by atoms with van der Waals surface area (Å²) in [5, 5.41) is 7.47. The summed E-state index contributed by atoms with van der Waals surface area (Å²) in [6, 6.07) is 18.2. The van der Waals surface area contributed by atoms with Crippen molar-refractivity contribution in [3.8, 4) is 0 Å². The molecule has 3 N–H and O–H groups in total. The topological polar surface area (TPSA) is 53.1 Å². The standard InChI is InChI=1S/C16H19N3/c1-19(11-10-13-6-3-2-4-7-13)15-9-5-8-14(12-15)16(17)18/h2-9,12H,10-11H2,1H3,(H3,17,18). The van der Waals surface area contributed by atoms with Gasteiger partial charge in [-0.05, 0) is 24.1 Å². The van der Waals surface area contributed by atoms with Crippen molar-refractivity contribution < 1.29 is 0 Å². The van der Waals surface area contributed by atoms with Crippen LogP contribution in [0.1, 0.15) is 11.1 Å². The van der Waals surface area contributed by atoms with E-state index in [-0.39, 0.29) is 5.84 Å². The molecule has 0 aliphatic carbocycles. The summed E-state index contributed by atoms with van der Waals surface area (Å²) in [7, 11) is 2.06. The molecule has 0 fully saturated rings. The van der Waals surface area contributed by atoms with Crippen molar-refractivity contribution in [1.82, 2.24) is 0 Å². The average Bonchev–Trinajstić information content (AvgIpc) is 2.46. The van der Waals surface area contributed by atoms with Gasteiger partial charge >= 0.3 is 0 Å². The normalized spacial score (nSPS) is 10.2. The minimum Gasteiger partial charge on any atom is -0.384 e. The Morgan fingerprint density at radius 1 is 1.11 bits per heavy atom. The van der Waals surface area contributed by atoms with E-state index in [4.69, 9.17) is 11.1 Å². The van der Waals surface area contributed by atoms with Crippen molar-refractivity contribution >= 4 is 11.5 Å². The van der Waals surface area contributed by atoms with Gasteiger partial charge in [-0.2, -0.15) is 0 Å². The molecule has 0 bridgehead atoms. The van der Waals surface area contributed by atoms with Crippen LogP contribution >= 0.6 is 0 Å². The summed E-state index contributed by atoms with van der Waals surface area (Å²) in [5.41, 5.74) is 8.70. The number of anilines is 1. The van der Waals surface area contributed by atoms with E-state index in [0.717, 1.165) is 24.2 Å². The van der Waals surface area contributed by atoms with Gasteiger partial charge in [-0.25, -0.2) is 0 Å². The molecule has 0 saturated carbocycles. The molecule has 2 rings (SSSR count). The number of rotatable bonds is 5. The number of hydrogen-bond donors (Lipinski definition) is 2. The van der Waals surface area contributed by atoms with Crippen molar-refractivity contribution in [1.29, 1.82) is 5.41 Å².